The van der Waals surface area contributed by atoms with Gasteiger partial charge in [0.1, 0.15) is 11.5 Å². The molecule has 1 rings (SSSR count). The number of aryl methyl sites for hydroxylation is 1. The molecule has 0 aliphatic heterocycles. The number of hydrogen-bond acceptors (Lipinski definition) is 4. The molecule has 0 bridgehead atoms. The number of amides is 1. The highest BCUT2D eigenvalue weighted by molar-refractivity contribution is 9.10. The maximum Gasteiger partial charge on any atom is 0.217 e. The maximum absolute atomic E-state index is 10.9. The smallest absolute Gasteiger partial charge is 0.217 e. The van der Waals surface area contributed by atoms with Crippen molar-refractivity contribution in [3.05, 3.63) is 22.2 Å². The van der Waals surface area contributed by atoms with Gasteiger partial charge in [-0.05, 0) is 40.0 Å². The fourth-order valence-corrected chi connectivity index (χ4v) is 1.77. The van der Waals surface area contributed by atoms with E-state index < -0.39 is 12.9 Å². The summed E-state index contributed by atoms with van der Waals surface area (Å²) >= 11 is 3.27. The van der Waals surface area contributed by atoms with Gasteiger partial charge in [-0.25, -0.2) is 0 Å². The van der Waals surface area contributed by atoms with Crippen molar-refractivity contribution in [3.8, 4) is 11.5 Å². The fraction of sp³-hybridized carbons (Fsp3) is 0.462. The van der Waals surface area contributed by atoms with E-state index in [1.165, 1.54) is 33.3 Å². The molecular formula is C13H19BrN2O3. The monoisotopic (exact) mass is 334 g/mol. The molecule has 0 heterocycles. The van der Waals surface area contributed by atoms with Crippen LogP contribution in [0.15, 0.2) is 16.6 Å². The second kappa shape index (κ2) is 8.01. The van der Waals surface area contributed by atoms with Gasteiger partial charge in [-0.3, -0.25) is 10.1 Å². The van der Waals surface area contributed by atoms with Crippen molar-refractivity contribution in [1.82, 2.24) is 10.6 Å². The van der Waals surface area contributed by atoms with Crippen LogP contribution >= 0.6 is 15.9 Å². The van der Waals surface area contributed by atoms with Crippen LogP contribution in [0.5, 0.6) is 11.5 Å². The van der Waals surface area contributed by atoms with Gasteiger partial charge in [-0.1, -0.05) is 0 Å². The third-order valence-electron chi connectivity index (χ3n) is 2.19. The molecule has 6 heteroatoms. The first kappa shape index (κ1) is 10.5. The molecule has 5 nitrogen and oxygen atoms in total. The fourth-order valence-electron chi connectivity index (χ4n) is 1.28. The van der Waals surface area contributed by atoms with Crippen molar-refractivity contribution in [2.75, 3.05) is 27.4 Å². The Morgan fingerprint density at radius 3 is 2.63 bits per heavy atom. The molecule has 0 fully saturated rings. The lowest BCUT2D eigenvalue weighted by Crippen LogP contribution is -2.33. The summed E-state index contributed by atoms with van der Waals surface area (Å²) in [6.07, 6.45) is -2.45. The third kappa shape index (κ3) is 5.08. The zero-order valence-electron chi connectivity index (χ0n) is 15.0. The van der Waals surface area contributed by atoms with Gasteiger partial charge >= 0.3 is 0 Å². The minimum Gasteiger partial charge on any atom is -0.496 e. The van der Waals surface area contributed by atoms with Crippen LogP contribution in [0.25, 0.3) is 0 Å². The molecule has 2 N–H and O–H groups in total. The highest BCUT2D eigenvalue weighted by Crippen LogP contribution is 2.32. The Labute approximate surface area is 127 Å². The molecule has 0 atom stereocenters. The summed E-state index contributed by atoms with van der Waals surface area (Å²) in [5.74, 6) is 0.173. The first-order valence-corrected chi connectivity index (χ1v) is 6.27. The van der Waals surface area contributed by atoms with E-state index in [-0.39, 0.29) is 23.9 Å². The average Bonchev–Trinajstić information content (AvgIpc) is 2.45. The van der Waals surface area contributed by atoms with Gasteiger partial charge in [0.05, 0.1) is 25.4 Å². The highest BCUT2D eigenvalue weighted by Gasteiger charge is 2.09. The summed E-state index contributed by atoms with van der Waals surface area (Å²) < 4.78 is 43.2. The summed E-state index contributed by atoms with van der Waals surface area (Å²) in [5.41, 5.74) is -0.0135. The number of nitrogens with one attached hydrogen (secondary N) is 2. The van der Waals surface area contributed by atoms with Crippen LogP contribution in [0, 0.1) is 0 Å². The summed E-state index contributed by atoms with van der Waals surface area (Å²) in [6, 6.07) is 2.89. The summed E-state index contributed by atoms with van der Waals surface area (Å²) in [6.45, 7) is -1.39. The Morgan fingerprint density at radius 2 is 2.05 bits per heavy atom. The van der Waals surface area contributed by atoms with Crippen LogP contribution in [0.4, 0.5) is 0 Å². The molecule has 0 radical (unpaired) electrons. The normalized spacial score (nSPS) is 14.7. The van der Waals surface area contributed by atoms with E-state index in [1.807, 2.05) is 0 Å². The van der Waals surface area contributed by atoms with Gasteiger partial charge in [-0.15, -0.1) is 0 Å². The van der Waals surface area contributed by atoms with Crippen molar-refractivity contribution in [3.63, 3.8) is 0 Å². The van der Waals surface area contributed by atoms with Gasteiger partial charge in [0, 0.05) is 18.9 Å². The molecule has 1 aromatic carbocycles. The lowest BCUT2D eigenvalue weighted by Gasteiger charge is -2.12. The van der Waals surface area contributed by atoms with Crippen molar-refractivity contribution < 1.29 is 19.8 Å². The number of ether oxygens (including phenoxy) is 2. The van der Waals surface area contributed by atoms with Gasteiger partial charge in [0.2, 0.25) is 5.91 Å². The Bertz CT molecular complexity index is 585. The number of rotatable bonds is 7. The first-order chi connectivity index (χ1) is 10.6. The van der Waals surface area contributed by atoms with Crippen molar-refractivity contribution in [2.45, 2.75) is 13.3 Å². The Morgan fingerprint density at radius 1 is 1.37 bits per heavy atom. The topological polar surface area (TPSA) is 59.6 Å². The molecule has 0 aliphatic rings. The Hall–Kier alpha value is -1.27. The zero-order chi connectivity index (χ0) is 17.8. The van der Waals surface area contributed by atoms with E-state index in [1.54, 1.807) is 0 Å². The molecular weight excluding hydrogens is 312 g/mol. The maximum atomic E-state index is 10.9. The summed E-state index contributed by atoms with van der Waals surface area (Å²) in [4.78, 5) is 10.9. The lowest BCUT2D eigenvalue weighted by atomic mass is 10.1. The summed E-state index contributed by atoms with van der Waals surface area (Å²) in [5, 5.41) is 4.72. The molecule has 106 valence electrons. The lowest BCUT2D eigenvalue weighted by molar-refractivity contribution is -0.119. The summed E-state index contributed by atoms with van der Waals surface area (Å²) in [7, 11) is 2.80. The number of halogens is 1. The molecule has 0 unspecified atom stereocenters. The third-order valence-corrected chi connectivity index (χ3v) is 2.80. The van der Waals surface area contributed by atoms with Gasteiger partial charge < -0.3 is 14.8 Å². The number of carbonyl (C=O) groups excluding carboxylic acids is 1. The van der Waals surface area contributed by atoms with Crippen LogP contribution in [0.1, 0.15) is 18.0 Å². The minimum atomic E-state index is -2.47. The molecule has 0 saturated carbocycles. The Kier molecular flexibility index (Phi) is 4.43. The van der Waals surface area contributed by atoms with E-state index in [2.05, 4.69) is 26.6 Å². The standard InChI is InChI=1S/C13H19BrN2O3/c1-9(17)16-8-15-5-4-10-6-13(19-3)11(14)7-12(10)18-2/h6-7,15H,4-5,8H2,1-3H3,(H,16,17)/i4D2,5D2. The van der Waals surface area contributed by atoms with E-state index in [0.29, 0.717) is 10.2 Å². The number of methoxy groups -OCH3 is 2. The number of benzene rings is 1. The first-order valence-electron chi connectivity index (χ1n) is 7.48. The van der Waals surface area contributed by atoms with E-state index >= 15 is 0 Å². The number of carbonyl (C=O) groups is 1. The SMILES string of the molecule is [2H]C([2H])(NCNC(C)=O)C([2H])([2H])c1cc(OC)c(Br)cc1OC. The molecule has 1 amide bonds. The molecule has 0 spiro atoms. The Balaban J connectivity index is 3.21. The molecule has 0 aliphatic carbocycles. The van der Waals surface area contributed by atoms with Crippen LogP contribution in [-0.2, 0) is 11.2 Å². The molecule has 0 aromatic heterocycles. The van der Waals surface area contributed by atoms with Gasteiger partial charge in [0.15, 0.2) is 0 Å². The predicted molar refractivity (Wildman–Crippen MR) is 77.6 cm³/mol. The van der Waals surface area contributed by atoms with Crippen molar-refractivity contribution in [1.29, 1.82) is 0 Å². The predicted octanol–water partition coefficient (Wildman–Crippen LogP) is 1.69. The second-order valence-electron chi connectivity index (χ2n) is 3.52. The average molecular weight is 335 g/mol. The van der Waals surface area contributed by atoms with Crippen LogP contribution in [0.3, 0.4) is 0 Å². The second-order valence-corrected chi connectivity index (χ2v) is 4.38. The van der Waals surface area contributed by atoms with Crippen molar-refractivity contribution in [2.24, 2.45) is 0 Å². The van der Waals surface area contributed by atoms with Crippen LogP contribution in [-0.4, -0.2) is 33.3 Å². The molecule has 19 heavy (non-hydrogen) atoms. The quantitative estimate of drug-likeness (QED) is 0.745. The van der Waals surface area contributed by atoms with Crippen molar-refractivity contribution >= 4 is 21.8 Å². The van der Waals surface area contributed by atoms with E-state index in [0.717, 1.165) is 0 Å². The number of hydrogen-bond donors (Lipinski definition) is 2. The zero-order valence-corrected chi connectivity index (χ0v) is 12.6. The molecule has 0 saturated heterocycles. The van der Waals surface area contributed by atoms with Gasteiger partial charge in [0.25, 0.3) is 0 Å². The van der Waals surface area contributed by atoms with Crippen LogP contribution in [0.2, 0.25) is 0 Å². The van der Waals surface area contributed by atoms with E-state index in [4.69, 9.17) is 15.0 Å². The van der Waals surface area contributed by atoms with Crippen LogP contribution < -0.4 is 20.1 Å². The largest absolute Gasteiger partial charge is 0.496 e. The molecule has 1 aromatic rings. The van der Waals surface area contributed by atoms with Gasteiger partial charge in [-0.2, -0.15) is 0 Å². The minimum absolute atomic E-state index is 0.0135. The highest BCUT2D eigenvalue weighted by atomic mass is 79.9. The van der Waals surface area contributed by atoms with E-state index in [9.17, 15) is 4.79 Å².